The summed E-state index contributed by atoms with van der Waals surface area (Å²) in [4.78, 5) is 6.54. The largest absolute Gasteiger partial charge is 0.368 e. The van der Waals surface area contributed by atoms with Crippen molar-refractivity contribution in [2.24, 2.45) is 0 Å². The summed E-state index contributed by atoms with van der Waals surface area (Å²) < 4.78 is 0. The number of piperazine rings is 1. The lowest BCUT2D eigenvalue weighted by molar-refractivity contribution is 0.588. The van der Waals surface area contributed by atoms with Crippen LogP contribution in [0.2, 0.25) is 0 Å². The van der Waals surface area contributed by atoms with Gasteiger partial charge in [0.05, 0.1) is 11.9 Å². The third kappa shape index (κ3) is 1.93. The minimum atomic E-state index is 1.05. The van der Waals surface area contributed by atoms with Gasteiger partial charge in [0.1, 0.15) is 0 Å². The fraction of sp³-hybridized carbons (Fsp3) is 0.364. The lowest BCUT2D eigenvalue weighted by atomic mass is 10.2. The van der Waals surface area contributed by atoms with Crippen molar-refractivity contribution in [3.8, 4) is 0 Å². The van der Waals surface area contributed by atoms with E-state index < -0.39 is 0 Å². The minimum Gasteiger partial charge on any atom is -0.368 e. The molecule has 0 aromatic carbocycles. The Balaban J connectivity index is 2.17. The maximum Gasteiger partial charge on any atom is 0.0559 e. The van der Waals surface area contributed by atoms with Gasteiger partial charge in [0.2, 0.25) is 0 Å². The number of hydrogen-bond donors (Lipinski definition) is 1. The Morgan fingerprint density at radius 1 is 1.36 bits per heavy atom. The Labute approximate surface area is 84.5 Å². The van der Waals surface area contributed by atoms with E-state index in [1.165, 1.54) is 5.69 Å². The number of nitrogens with zero attached hydrogens (tertiary/aromatic N) is 2. The molecule has 3 nitrogen and oxygen atoms in total. The molecule has 0 amide bonds. The summed E-state index contributed by atoms with van der Waals surface area (Å²) in [5, 5.41) is 3.33. The van der Waals surface area contributed by atoms with Gasteiger partial charge in [0.15, 0.2) is 0 Å². The second kappa shape index (κ2) is 4.24. The van der Waals surface area contributed by atoms with E-state index in [4.69, 9.17) is 0 Å². The molecule has 1 aliphatic rings. The SMILES string of the molecule is C=Cc1cncc(N2CCNCC2)c1. The van der Waals surface area contributed by atoms with Gasteiger partial charge in [-0.25, -0.2) is 0 Å². The molecule has 1 fully saturated rings. The molecule has 1 N–H and O–H groups in total. The third-order valence-corrected chi connectivity index (χ3v) is 2.46. The van der Waals surface area contributed by atoms with Gasteiger partial charge >= 0.3 is 0 Å². The van der Waals surface area contributed by atoms with Crippen LogP contribution >= 0.6 is 0 Å². The lowest BCUT2D eigenvalue weighted by Gasteiger charge is -2.29. The highest BCUT2D eigenvalue weighted by Gasteiger charge is 2.10. The number of aromatic nitrogens is 1. The molecule has 0 aliphatic carbocycles. The molecule has 0 saturated carbocycles. The van der Waals surface area contributed by atoms with Crippen molar-refractivity contribution in [1.82, 2.24) is 10.3 Å². The van der Waals surface area contributed by atoms with Crippen LogP contribution in [0.4, 0.5) is 5.69 Å². The molecular weight excluding hydrogens is 174 g/mol. The van der Waals surface area contributed by atoms with Crippen LogP contribution in [0.5, 0.6) is 0 Å². The zero-order valence-corrected chi connectivity index (χ0v) is 8.24. The van der Waals surface area contributed by atoms with E-state index in [9.17, 15) is 0 Å². The van der Waals surface area contributed by atoms with Crippen LogP contribution < -0.4 is 10.2 Å². The second-order valence-electron chi connectivity index (χ2n) is 3.42. The Kier molecular flexibility index (Phi) is 2.79. The van der Waals surface area contributed by atoms with E-state index in [0.717, 1.165) is 31.7 Å². The van der Waals surface area contributed by atoms with Gasteiger partial charge < -0.3 is 10.2 Å². The summed E-state index contributed by atoms with van der Waals surface area (Å²) in [5.41, 5.74) is 2.28. The predicted octanol–water partition coefficient (Wildman–Crippen LogP) is 1.13. The van der Waals surface area contributed by atoms with Crippen LogP contribution in [-0.2, 0) is 0 Å². The molecule has 1 aliphatic heterocycles. The fourth-order valence-electron chi connectivity index (χ4n) is 1.65. The normalized spacial score (nSPS) is 16.7. The maximum atomic E-state index is 4.20. The number of pyridine rings is 1. The van der Waals surface area contributed by atoms with Crippen molar-refractivity contribution in [2.45, 2.75) is 0 Å². The monoisotopic (exact) mass is 189 g/mol. The van der Waals surface area contributed by atoms with E-state index in [0.29, 0.717) is 0 Å². The number of rotatable bonds is 2. The first kappa shape index (κ1) is 9.21. The average molecular weight is 189 g/mol. The first-order chi connectivity index (χ1) is 6.90. The van der Waals surface area contributed by atoms with Crippen molar-refractivity contribution in [3.05, 3.63) is 30.6 Å². The Hall–Kier alpha value is -1.35. The summed E-state index contributed by atoms with van der Waals surface area (Å²) in [5.74, 6) is 0. The van der Waals surface area contributed by atoms with Crippen molar-refractivity contribution in [1.29, 1.82) is 0 Å². The number of nitrogens with one attached hydrogen (secondary N) is 1. The van der Waals surface area contributed by atoms with Crippen LogP contribution in [-0.4, -0.2) is 31.2 Å². The highest BCUT2D eigenvalue weighted by molar-refractivity contribution is 5.55. The van der Waals surface area contributed by atoms with Crippen LogP contribution in [0.1, 0.15) is 5.56 Å². The van der Waals surface area contributed by atoms with E-state index in [1.54, 1.807) is 0 Å². The van der Waals surface area contributed by atoms with E-state index >= 15 is 0 Å². The van der Waals surface area contributed by atoms with Crippen LogP contribution in [0.15, 0.2) is 25.0 Å². The molecule has 2 rings (SSSR count). The maximum absolute atomic E-state index is 4.20. The predicted molar refractivity (Wildman–Crippen MR) is 59.4 cm³/mol. The van der Waals surface area contributed by atoms with Gasteiger partial charge in [-0.15, -0.1) is 0 Å². The van der Waals surface area contributed by atoms with Crippen molar-refractivity contribution in [2.75, 3.05) is 31.1 Å². The van der Waals surface area contributed by atoms with Gasteiger partial charge in [0.25, 0.3) is 0 Å². The highest BCUT2D eigenvalue weighted by Crippen LogP contribution is 2.15. The standard InChI is InChI=1S/C11H15N3/c1-2-10-7-11(9-13-8-10)14-5-3-12-4-6-14/h2,7-9,12H,1,3-6H2. The Morgan fingerprint density at radius 3 is 2.86 bits per heavy atom. The van der Waals surface area contributed by atoms with Crippen molar-refractivity contribution >= 4 is 11.8 Å². The zero-order valence-electron chi connectivity index (χ0n) is 8.24. The van der Waals surface area contributed by atoms with Crippen LogP contribution in [0, 0.1) is 0 Å². The van der Waals surface area contributed by atoms with Gasteiger partial charge in [-0.05, 0) is 11.6 Å². The first-order valence-electron chi connectivity index (χ1n) is 4.93. The summed E-state index contributed by atoms with van der Waals surface area (Å²) in [6.45, 7) is 7.97. The summed E-state index contributed by atoms with van der Waals surface area (Å²) in [7, 11) is 0. The molecule has 74 valence electrons. The van der Waals surface area contributed by atoms with Gasteiger partial charge in [0, 0.05) is 32.4 Å². The summed E-state index contributed by atoms with van der Waals surface area (Å²) >= 11 is 0. The van der Waals surface area contributed by atoms with E-state index in [1.807, 2.05) is 18.5 Å². The van der Waals surface area contributed by atoms with Crippen LogP contribution in [0.25, 0.3) is 6.08 Å². The number of anilines is 1. The molecule has 3 heteroatoms. The fourth-order valence-corrected chi connectivity index (χ4v) is 1.65. The van der Waals surface area contributed by atoms with Gasteiger partial charge in [-0.3, -0.25) is 4.98 Å². The minimum absolute atomic E-state index is 1.05. The molecule has 14 heavy (non-hydrogen) atoms. The Morgan fingerprint density at radius 2 is 2.14 bits per heavy atom. The van der Waals surface area contributed by atoms with E-state index in [2.05, 4.69) is 27.8 Å². The second-order valence-corrected chi connectivity index (χ2v) is 3.42. The molecule has 1 aromatic rings. The molecule has 1 saturated heterocycles. The van der Waals surface area contributed by atoms with E-state index in [-0.39, 0.29) is 0 Å². The highest BCUT2D eigenvalue weighted by atomic mass is 15.2. The molecule has 0 bridgehead atoms. The molecule has 2 heterocycles. The topological polar surface area (TPSA) is 28.2 Å². The zero-order chi connectivity index (χ0) is 9.80. The Bertz CT molecular complexity index is 316. The summed E-state index contributed by atoms with van der Waals surface area (Å²) in [6.07, 6.45) is 5.58. The average Bonchev–Trinajstić information content (AvgIpc) is 2.30. The van der Waals surface area contributed by atoms with Gasteiger partial charge in [-0.2, -0.15) is 0 Å². The molecule has 0 radical (unpaired) electrons. The quantitative estimate of drug-likeness (QED) is 0.756. The first-order valence-corrected chi connectivity index (χ1v) is 4.93. The molecule has 0 unspecified atom stereocenters. The summed E-state index contributed by atoms with van der Waals surface area (Å²) in [6, 6.07) is 2.13. The molecule has 0 spiro atoms. The van der Waals surface area contributed by atoms with Crippen molar-refractivity contribution in [3.63, 3.8) is 0 Å². The smallest absolute Gasteiger partial charge is 0.0559 e. The van der Waals surface area contributed by atoms with Crippen LogP contribution in [0.3, 0.4) is 0 Å². The lowest BCUT2D eigenvalue weighted by Crippen LogP contribution is -2.43. The molecule has 1 aromatic heterocycles. The third-order valence-electron chi connectivity index (χ3n) is 2.46. The van der Waals surface area contributed by atoms with Gasteiger partial charge in [-0.1, -0.05) is 12.7 Å². The number of hydrogen-bond acceptors (Lipinski definition) is 3. The van der Waals surface area contributed by atoms with Crippen molar-refractivity contribution < 1.29 is 0 Å². The molecular formula is C11H15N3. The molecule has 0 atom stereocenters.